The van der Waals surface area contributed by atoms with Crippen molar-refractivity contribution in [1.82, 2.24) is 10.2 Å². The summed E-state index contributed by atoms with van der Waals surface area (Å²) in [6, 6.07) is 0. The Morgan fingerprint density at radius 2 is 1.95 bits per heavy atom. The zero-order chi connectivity index (χ0) is 15.2. The molecule has 0 aromatic heterocycles. The van der Waals surface area contributed by atoms with Gasteiger partial charge in [-0.25, -0.2) is 13.6 Å². The van der Waals surface area contributed by atoms with Gasteiger partial charge in [-0.05, 0) is 38.3 Å². The van der Waals surface area contributed by atoms with Crippen LogP contribution >= 0.6 is 0 Å². The monoisotopic (exact) mass is 305 g/mol. The number of rotatable bonds is 7. The Morgan fingerprint density at radius 1 is 1.35 bits per heavy atom. The van der Waals surface area contributed by atoms with Crippen LogP contribution in [0, 0.1) is 11.8 Å². The standard InChI is InChI=1S/C13H27N3O3S/c1-11(2)3-6-15-13(17)12-4-7-16(8-5-12)9-10-20(14,18)19/h11-12H,3-10H2,1-2H3,(H,15,17)(H2,14,18,19). The van der Waals surface area contributed by atoms with E-state index in [0.29, 0.717) is 12.5 Å². The van der Waals surface area contributed by atoms with E-state index in [0.717, 1.165) is 38.9 Å². The van der Waals surface area contributed by atoms with Crippen LogP contribution in [0.5, 0.6) is 0 Å². The number of carbonyl (C=O) groups excluding carboxylic acids is 1. The molecule has 1 aliphatic heterocycles. The molecule has 0 spiro atoms. The van der Waals surface area contributed by atoms with Crippen LogP contribution in [0.1, 0.15) is 33.1 Å². The first-order valence-electron chi connectivity index (χ1n) is 7.28. The molecule has 7 heteroatoms. The second kappa shape index (κ2) is 7.95. The number of sulfonamides is 1. The smallest absolute Gasteiger partial charge is 0.223 e. The highest BCUT2D eigenvalue weighted by molar-refractivity contribution is 7.89. The molecular formula is C13H27N3O3S. The van der Waals surface area contributed by atoms with Gasteiger partial charge in [0.1, 0.15) is 0 Å². The fraction of sp³-hybridized carbons (Fsp3) is 0.923. The second-order valence-corrected chi connectivity index (χ2v) is 7.69. The Kier molecular flexibility index (Phi) is 6.91. The van der Waals surface area contributed by atoms with E-state index in [1.807, 2.05) is 0 Å². The van der Waals surface area contributed by atoms with Crippen molar-refractivity contribution in [2.75, 3.05) is 31.9 Å². The van der Waals surface area contributed by atoms with Crippen LogP contribution in [0.3, 0.4) is 0 Å². The van der Waals surface area contributed by atoms with Gasteiger partial charge in [-0.1, -0.05) is 13.8 Å². The predicted molar refractivity (Wildman–Crippen MR) is 79.6 cm³/mol. The van der Waals surface area contributed by atoms with Crippen LogP contribution in [0.15, 0.2) is 0 Å². The largest absolute Gasteiger partial charge is 0.356 e. The number of carbonyl (C=O) groups is 1. The van der Waals surface area contributed by atoms with Crippen molar-refractivity contribution in [3.8, 4) is 0 Å². The molecule has 1 fully saturated rings. The highest BCUT2D eigenvalue weighted by atomic mass is 32.2. The van der Waals surface area contributed by atoms with Crippen LogP contribution in [-0.2, 0) is 14.8 Å². The average molecular weight is 305 g/mol. The number of primary sulfonamides is 1. The number of nitrogens with two attached hydrogens (primary N) is 1. The highest BCUT2D eigenvalue weighted by Gasteiger charge is 2.25. The van der Waals surface area contributed by atoms with Gasteiger partial charge in [-0.3, -0.25) is 4.79 Å². The van der Waals surface area contributed by atoms with Gasteiger partial charge in [0.05, 0.1) is 5.75 Å². The van der Waals surface area contributed by atoms with E-state index in [1.165, 1.54) is 0 Å². The maximum Gasteiger partial charge on any atom is 0.223 e. The summed E-state index contributed by atoms with van der Waals surface area (Å²) in [5.41, 5.74) is 0. The lowest BCUT2D eigenvalue weighted by Crippen LogP contribution is -2.42. The molecular weight excluding hydrogens is 278 g/mol. The van der Waals surface area contributed by atoms with E-state index in [4.69, 9.17) is 5.14 Å². The third kappa shape index (κ3) is 7.21. The molecule has 0 aromatic carbocycles. The lowest BCUT2D eigenvalue weighted by atomic mass is 9.96. The van der Waals surface area contributed by atoms with Crippen molar-refractivity contribution >= 4 is 15.9 Å². The first-order chi connectivity index (χ1) is 9.28. The Labute approximate surface area is 122 Å². The van der Waals surface area contributed by atoms with E-state index >= 15 is 0 Å². The second-order valence-electron chi connectivity index (χ2n) is 5.96. The van der Waals surface area contributed by atoms with Gasteiger partial charge in [-0.2, -0.15) is 0 Å². The Hall–Kier alpha value is -0.660. The molecule has 0 saturated carbocycles. The zero-order valence-electron chi connectivity index (χ0n) is 12.5. The molecule has 0 aliphatic carbocycles. The molecule has 20 heavy (non-hydrogen) atoms. The number of nitrogens with zero attached hydrogens (tertiary/aromatic N) is 1. The van der Waals surface area contributed by atoms with E-state index in [-0.39, 0.29) is 17.6 Å². The SMILES string of the molecule is CC(C)CCNC(=O)C1CCN(CCS(N)(=O)=O)CC1. The van der Waals surface area contributed by atoms with E-state index in [1.54, 1.807) is 0 Å². The predicted octanol–water partition coefficient (Wildman–Crippen LogP) is 0.149. The first kappa shape index (κ1) is 17.4. The van der Waals surface area contributed by atoms with Crippen molar-refractivity contribution in [2.45, 2.75) is 33.1 Å². The van der Waals surface area contributed by atoms with Gasteiger partial charge in [-0.15, -0.1) is 0 Å². The molecule has 0 bridgehead atoms. The van der Waals surface area contributed by atoms with Gasteiger partial charge in [0, 0.05) is 19.0 Å². The lowest BCUT2D eigenvalue weighted by molar-refractivity contribution is -0.126. The number of hydrogen-bond donors (Lipinski definition) is 2. The van der Waals surface area contributed by atoms with Crippen LogP contribution in [0.4, 0.5) is 0 Å². The molecule has 6 nitrogen and oxygen atoms in total. The number of likely N-dealkylation sites (tertiary alicyclic amines) is 1. The summed E-state index contributed by atoms with van der Waals surface area (Å²) in [4.78, 5) is 14.0. The molecule has 0 radical (unpaired) electrons. The fourth-order valence-corrected chi connectivity index (χ4v) is 2.82. The minimum Gasteiger partial charge on any atom is -0.356 e. The molecule has 3 N–H and O–H groups in total. The van der Waals surface area contributed by atoms with Gasteiger partial charge in [0.25, 0.3) is 0 Å². The summed E-state index contributed by atoms with van der Waals surface area (Å²) in [5, 5.41) is 7.97. The third-order valence-electron chi connectivity index (χ3n) is 3.67. The summed E-state index contributed by atoms with van der Waals surface area (Å²) in [7, 11) is -3.39. The molecule has 1 heterocycles. The van der Waals surface area contributed by atoms with Gasteiger partial charge < -0.3 is 10.2 Å². The minimum absolute atomic E-state index is 0.0156. The van der Waals surface area contributed by atoms with E-state index in [2.05, 4.69) is 24.1 Å². The van der Waals surface area contributed by atoms with Crippen LogP contribution in [0.25, 0.3) is 0 Å². The molecule has 1 amide bonds. The number of nitrogens with one attached hydrogen (secondary N) is 1. The van der Waals surface area contributed by atoms with Gasteiger partial charge in [0.15, 0.2) is 0 Å². The van der Waals surface area contributed by atoms with Crippen molar-refractivity contribution in [2.24, 2.45) is 17.0 Å². The highest BCUT2D eigenvalue weighted by Crippen LogP contribution is 2.17. The van der Waals surface area contributed by atoms with Crippen molar-refractivity contribution in [3.05, 3.63) is 0 Å². The minimum atomic E-state index is -3.39. The van der Waals surface area contributed by atoms with E-state index in [9.17, 15) is 13.2 Å². The van der Waals surface area contributed by atoms with Crippen LogP contribution in [-0.4, -0.2) is 51.2 Å². The third-order valence-corrected chi connectivity index (χ3v) is 4.42. The van der Waals surface area contributed by atoms with Crippen molar-refractivity contribution in [1.29, 1.82) is 0 Å². The summed E-state index contributed by atoms with van der Waals surface area (Å²) < 4.78 is 21.8. The maximum absolute atomic E-state index is 12.0. The normalized spacial score (nSPS) is 18.4. The molecule has 1 aliphatic rings. The average Bonchev–Trinajstić information content (AvgIpc) is 2.35. The molecule has 1 saturated heterocycles. The number of piperidine rings is 1. The fourth-order valence-electron chi connectivity index (χ4n) is 2.30. The summed E-state index contributed by atoms with van der Waals surface area (Å²) in [5.74, 6) is 0.776. The summed E-state index contributed by atoms with van der Waals surface area (Å²) in [6.07, 6.45) is 2.58. The zero-order valence-corrected chi connectivity index (χ0v) is 13.3. The van der Waals surface area contributed by atoms with Crippen molar-refractivity contribution < 1.29 is 13.2 Å². The summed E-state index contributed by atoms with van der Waals surface area (Å²) >= 11 is 0. The van der Waals surface area contributed by atoms with Crippen molar-refractivity contribution in [3.63, 3.8) is 0 Å². The van der Waals surface area contributed by atoms with E-state index < -0.39 is 10.0 Å². The molecule has 118 valence electrons. The molecule has 0 aromatic rings. The van der Waals surface area contributed by atoms with Crippen LogP contribution < -0.4 is 10.5 Å². The quantitative estimate of drug-likeness (QED) is 0.700. The maximum atomic E-state index is 12.0. The van der Waals surface area contributed by atoms with Gasteiger partial charge in [0.2, 0.25) is 15.9 Å². The first-order valence-corrected chi connectivity index (χ1v) is 9.00. The lowest BCUT2D eigenvalue weighted by Gasteiger charge is -2.31. The number of amides is 1. The molecule has 0 atom stereocenters. The number of hydrogen-bond acceptors (Lipinski definition) is 4. The van der Waals surface area contributed by atoms with Gasteiger partial charge >= 0.3 is 0 Å². The topological polar surface area (TPSA) is 92.5 Å². The Balaban J connectivity index is 2.22. The molecule has 0 unspecified atom stereocenters. The Bertz CT molecular complexity index is 401. The van der Waals surface area contributed by atoms with Crippen LogP contribution in [0.2, 0.25) is 0 Å². The summed E-state index contributed by atoms with van der Waals surface area (Å²) in [6.45, 7) is 6.99. The Morgan fingerprint density at radius 3 is 2.45 bits per heavy atom. The molecule has 1 rings (SSSR count).